The zero-order chi connectivity index (χ0) is 110. The molecule has 9 unspecified atom stereocenters. The Morgan fingerprint density at radius 3 is 0.710 bits per heavy atom. The second-order valence-electron chi connectivity index (χ2n) is 59.8. The van der Waals surface area contributed by atoms with Crippen molar-refractivity contribution in [3.63, 3.8) is 0 Å². The highest BCUT2D eigenvalue weighted by molar-refractivity contribution is 6.76. The number of rotatable bonds is 38. The number of allylic oxidation sites excluding steroid dienone is 12. The monoisotopic (exact) mass is 2140 g/mol. The fraction of sp³-hybridized carbons (Fsp3) is 0.854. The van der Waals surface area contributed by atoms with Gasteiger partial charge in [0, 0.05) is 21.3 Å². The van der Waals surface area contributed by atoms with Crippen LogP contribution in [0.4, 0.5) is 0 Å². The largest absolute Gasteiger partial charge is 0.411 e. The molecule has 9 rings (SSSR count). The molecule has 0 radical (unpaired) electrons. The maximum Gasteiger partial charge on any atom is 0.192 e. The number of aliphatic hydroxyl groups excluding tert-OH is 2. The first-order valence-electron chi connectivity index (χ1n) is 57.7. The minimum Gasteiger partial charge on any atom is -0.411 e. The number of fused-ring (bicyclic) bond motifs is 3. The SMILES string of the molecule is COCOC(C)(C)C/C=C/[C@@H](C)C1CCC2/C(=C/C=C3C[C@@H](O[Si](C)(C)C(C)(C)C)C(O)[C@H](O[Si](C)(C)C(C)(C)C)C3)CCCC21C.COCOC(C)(C)C/C=C/[C@@H](C)C1CCC2/C(=C/C=C3C[C@@H](O[Si](C)(C)C(C)(C)C)C(O)[C@H](O[Si](C)(C)C(C)(C)C)C3)CCCC21C.COCOC(C)(C)C/C=C/[C@@H](C)C1CCC2/C(=C/C=C3C[C@@H](O[Si](C)(C)C(C)(C)C)C(O[Si](C)(C)C)[C@H](O[Si](C)(C)C(C)(C)C)C3)CCCC21C. The molecule has 0 aromatic rings. The highest BCUT2D eigenvalue weighted by atomic mass is 28.4. The summed E-state index contributed by atoms with van der Waals surface area (Å²) in [7, 11) is -9.28. The van der Waals surface area contributed by atoms with E-state index in [-0.39, 0.29) is 89.8 Å². The van der Waals surface area contributed by atoms with Gasteiger partial charge in [-0.15, -0.1) is 0 Å². The van der Waals surface area contributed by atoms with Crippen molar-refractivity contribution in [2.75, 3.05) is 41.7 Å². The Morgan fingerprint density at radius 1 is 0.303 bits per heavy atom. The second kappa shape index (κ2) is 51.1. The summed E-state index contributed by atoms with van der Waals surface area (Å²) in [6.07, 6.45) is 54.0. The lowest BCUT2D eigenvalue weighted by atomic mass is 9.61. The van der Waals surface area contributed by atoms with E-state index in [4.69, 9.17) is 59.4 Å². The molecule has 9 aliphatic rings. The molecule has 0 aliphatic heterocycles. The average molecular weight is 2150 g/mol. The van der Waals surface area contributed by atoms with Gasteiger partial charge in [-0.1, -0.05) is 273 Å². The van der Waals surface area contributed by atoms with Crippen LogP contribution < -0.4 is 0 Å². The number of aliphatic hydroxyl groups is 2. The van der Waals surface area contributed by atoms with E-state index in [9.17, 15) is 10.2 Å². The van der Waals surface area contributed by atoms with Gasteiger partial charge in [0.15, 0.2) is 58.2 Å². The minimum absolute atomic E-state index is 0.00998. The van der Waals surface area contributed by atoms with Gasteiger partial charge >= 0.3 is 0 Å². The molecule has 0 heterocycles. The van der Waals surface area contributed by atoms with Crippen molar-refractivity contribution in [3.05, 3.63) is 106 Å². The van der Waals surface area contributed by atoms with Crippen LogP contribution in [0.1, 0.15) is 362 Å². The number of ether oxygens (including phenoxy) is 6. The normalized spacial score (nSPS) is 31.0. The predicted octanol–water partition coefficient (Wildman–Crippen LogP) is 34.8. The summed E-state index contributed by atoms with van der Waals surface area (Å²) in [5.41, 5.74) is 9.50. The Hall–Kier alpha value is -1.42. The van der Waals surface area contributed by atoms with Gasteiger partial charge in [0.25, 0.3) is 0 Å². The van der Waals surface area contributed by atoms with Crippen molar-refractivity contribution >= 4 is 58.2 Å². The van der Waals surface area contributed by atoms with Crippen molar-refractivity contribution in [1.82, 2.24) is 0 Å². The van der Waals surface area contributed by atoms with Gasteiger partial charge in [0.2, 0.25) is 0 Å². The summed E-state index contributed by atoms with van der Waals surface area (Å²) in [6.45, 7) is 105. The molecule has 9 saturated carbocycles. The van der Waals surface area contributed by atoms with Crippen molar-refractivity contribution in [2.24, 2.45) is 69.5 Å². The zero-order valence-electron chi connectivity index (χ0n) is 103. The molecule has 2 N–H and O–H groups in total. The van der Waals surface area contributed by atoms with Gasteiger partial charge in [-0.05, 0) is 394 Å². The molecule has 9 aliphatic carbocycles. The standard InChI is InChI=1S/C43H82O5Si3.2C40H74O5Si2/c1-32(21-19-27-42(8,9)45-31-44-11)35-25-26-36-34(22-20-28-43(35,36)10)24-23-33-29-37(46-50(15,16)40(2,3)4)39(48-49(12,13)14)38(30-33)47-51(17,18)41(5,6)7;2*1-29(18-16-24-39(8,9)43-28-42-11)32-22-23-33-31(19-17-25-40(32,33)10)21-20-30-26-34(44-46(12,13)37(2,3)4)36(41)35(27-30)45-47(14,15)38(5,6)7/h19,21,23-24,32,35-39H,20,22,25-31H2,1-18H3;2*16,18,20-21,29,32-36,41H,17,19,22-28H2,1-15H3/b21-19+,33-23?,34-24+;2*18-16+,30-20?,31-21+/t32-,35?,36?,37-,38-,39?,43?;2*29-,32?,33?,34-,35-,36?,40?/m111/s1. The van der Waals surface area contributed by atoms with E-state index in [0.29, 0.717) is 89.9 Å². The Balaban J connectivity index is 0.000000295. The summed E-state index contributed by atoms with van der Waals surface area (Å²) >= 11 is 0. The lowest BCUT2D eigenvalue weighted by molar-refractivity contribution is -0.112. The Labute approximate surface area is 901 Å². The van der Waals surface area contributed by atoms with E-state index in [0.717, 1.165) is 57.8 Å². The summed E-state index contributed by atoms with van der Waals surface area (Å²) in [4.78, 5) is 0. The van der Waals surface area contributed by atoms with Gasteiger partial charge in [-0.25, -0.2) is 0 Å². The van der Waals surface area contributed by atoms with Crippen LogP contribution in [-0.2, 0) is 59.4 Å². The van der Waals surface area contributed by atoms with Crippen molar-refractivity contribution < 1.29 is 69.6 Å². The van der Waals surface area contributed by atoms with Crippen LogP contribution in [0.15, 0.2) is 106 Å². The molecular formula is C123H230O15Si7. The Morgan fingerprint density at radius 2 is 0.510 bits per heavy atom. The molecular weight excluding hydrogens is 1910 g/mol. The first-order valence-corrected chi connectivity index (χ1v) is 78.5. The lowest BCUT2D eigenvalue weighted by Gasteiger charge is -2.49. The number of methoxy groups -OCH3 is 3. The van der Waals surface area contributed by atoms with Gasteiger partial charge in [0.05, 0.1) is 59.5 Å². The fourth-order valence-electron chi connectivity index (χ4n) is 24.2. The number of hydrogen-bond acceptors (Lipinski definition) is 15. The molecule has 15 nitrogen and oxygen atoms in total. The predicted molar refractivity (Wildman–Crippen MR) is 633 cm³/mol. The highest BCUT2D eigenvalue weighted by Gasteiger charge is 2.57. The third kappa shape index (κ3) is 35.3. The topological polar surface area (TPSA) is 160 Å². The summed E-state index contributed by atoms with van der Waals surface area (Å²) < 4.78 is 82.6. The van der Waals surface area contributed by atoms with Crippen LogP contribution in [0, 0.1) is 69.5 Å². The van der Waals surface area contributed by atoms with E-state index >= 15 is 0 Å². The maximum absolute atomic E-state index is 11.7. The molecule has 0 bridgehead atoms. The van der Waals surface area contributed by atoms with Gasteiger partial charge < -0.3 is 69.6 Å². The van der Waals surface area contributed by atoms with Gasteiger partial charge in [-0.3, -0.25) is 0 Å². The maximum atomic E-state index is 11.7. The average Bonchev–Trinajstić information content (AvgIpc) is 1.61. The molecule has 0 saturated heterocycles. The van der Waals surface area contributed by atoms with Crippen LogP contribution in [-0.4, -0.2) is 182 Å². The van der Waals surface area contributed by atoms with Gasteiger partial charge in [0.1, 0.15) is 32.6 Å². The first kappa shape index (κ1) is 130. The van der Waals surface area contributed by atoms with Crippen LogP contribution in [0.5, 0.6) is 0 Å². The van der Waals surface area contributed by atoms with Crippen molar-refractivity contribution in [1.29, 1.82) is 0 Å². The fourth-order valence-corrected chi connectivity index (χ4v) is 33.3. The van der Waals surface area contributed by atoms with Crippen LogP contribution >= 0.6 is 0 Å². The molecule has 22 heteroatoms. The molecule has 0 aromatic heterocycles. The first-order chi connectivity index (χ1) is 66.0. The Bertz CT molecular complexity index is 4040. The molecule has 18 atom stereocenters. The van der Waals surface area contributed by atoms with Crippen LogP contribution in [0.2, 0.25) is 128 Å². The molecule has 9 fully saturated rings. The van der Waals surface area contributed by atoms with Crippen molar-refractivity contribution in [3.8, 4) is 0 Å². The summed E-state index contributed by atoms with van der Waals surface area (Å²) in [6, 6.07) is 0. The third-order valence-electron chi connectivity index (χ3n) is 39.5. The third-order valence-corrected chi connectivity index (χ3v) is 67.5. The smallest absolute Gasteiger partial charge is 0.192 e. The van der Waals surface area contributed by atoms with E-state index < -0.39 is 70.4 Å². The highest BCUT2D eigenvalue weighted by Crippen LogP contribution is 2.64. The molecule has 0 spiro atoms. The van der Waals surface area contributed by atoms with Crippen LogP contribution in [0.3, 0.4) is 0 Å². The second-order valence-corrected chi connectivity index (χ2v) is 92.8. The lowest BCUT2D eigenvalue weighted by Crippen LogP contribution is -2.58. The van der Waals surface area contributed by atoms with Crippen molar-refractivity contribution in [2.45, 2.75) is 562 Å². The van der Waals surface area contributed by atoms with E-state index in [1.54, 1.807) is 38.0 Å². The van der Waals surface area contributed by atoms with E-state index in [2.05, 4.69) is 379 Å². The molecule has 0 amide bonds. The Kier molecular flexibility index (Phi) is 45.9. The van der Waals surface area contributed by atoms with Gasteiger partial charge in [-0.2, -0.15) is 0 Å². The minimum atomic E-state index is -2.08. The number of hydrogen-bond donors (Lipinski definition) is 2. The molecule has 0 aromatic carbocycles. The molecule has 145 heavy (non-hydrogen) atoms. The summed E-state index contributed by atoms with van der Waals surface area (Å²) in [5, 5.41) is 24.1. The van der Waals surface area contributed by atoms with Crippen LogP contribution in [0.25, 0.3) is 0 Å². The zero-order valence-corrected chi connectivity index (χ0v) is 110. The quantitative estimate of drug-likeness (QED) is 0.0341. The van der Waals surface area contributed by atoms with E-state index in [1.165, 1.54) is 113 Å². The van der Waals surface area contributed by atoms with E-state index in [1.807, 2.05) is 0 Å². The molecule has 840 valence electrons. The summed E-state index contributed by atoms with van der Waals surface area (Å²) in [5.74, 6) is 5.68.